The van der Waals surface area contributed by atoms with Gasteiger partial charge in [-0.3, -0.25) is 0 Å². The first kappa shape index (κ1) is 12.1. The summed E-state index contributed by atoms with van der Waals surface area (Å²) < 4.78 is 0. The summed E-state index contributed by atoms with van der Waals surface area (Å²) in [7, 11) is 0. The molecule has 0 aliphatic heterocycles. The van der Waals surface area contributed by atoms with Gasteiger partial charge >= 0.3 is 0 Å². The lowest BCUT2D eigenvalue weighted by atomic mass is 9.72. The van der Waals surface area contributed by atoms with Crippen LogP contribution in [0.2, 0.25) is 0 Å². The molecule has 4 nitrogen and oxygen atoms in total. The standard InChI is InChI=1S/C11H22N4/c1-6-7-10(2,3)8-11(4,5)9-12-14-15-13-9/h6-8H2,1-5H3,(H,12,13,14,15). The van der Waals surface area contributed by atoms with Gasteiger partial charge in [0.25, 0.3) is 0 Å². The van der Waals surface area contributed by atoms with Crippen LogP contribution in [0.15, 0.2) is 0 Å². The molecule has 0 bridgehead atoms. The third kappa shape index (κ3) is 3.29. The Balaban J connectivity index is 2.72. The Morgan fingerprint density at radius 3 is 2.33 bits per heavy atom. The van der Waals surface area contributed by atoms with E-state index < -0.39 is 0 Å². The van der Waals surface area contributed by atoms with Gasteiger partial charge in [0.05, 0.1) is 0 Å². The van der Waals surface area contributed by atoms with Crippen molar-refractivity contribution in [2.75, 3.05) is 0 Å². The van der Waals surface area contributed by atoms with Crippen LogP contribution in [-0.2, 0) is 5.41 Å². The average molecular weight is 210 g/mol. The zero-order valence-corrected chi connectivity index (χ0v) is 10.5. The highest BCUT2D eigenvalue weighted by molar-refractivity contribution is 5.01. The number of nitrogens with one attached hydrogen (secondary N) is 1. The van der Waals surface area contributed by atoms with Crippen LogP contribution in [0.3, 0.4) is 0 Å². The molecular formula is C11H22N4. The molecule has 86 valence electrons. The summed E-state index contributed by atoms with van der Waals surface area (Å²) in [6.07, 6.45) is 3.52. The predicted molar refractivity (Wildman–Crippen MR) is 60.5 cm³/mol. The van der Waals surface area contributed by atoms with Gasteiger partial charge in [-0.15, -0.1) is 10.2 Å². The number of aromatic nitrogens is 4. The second-order valence-electron chi connectivity index (χ2n) is 5.71. The van der Waals surface area contributed by atoms with Crippen molar-refractivity contribution in [2.45, 2.75) is 59.3 Å². The molecule has 0 atom stereocenters. The van der Waals surface area contributed by atoms with E-state index in [1.54, 1.807) is 0 Å². The third-order valence-electron chi connectivity index (χ3n) is 2.80. The molecule has 0 saturated heterocycles. The number of aromatic amines is 1. The fourth-order valence-corrected chi connectivity index (χ4v) is 2.49. The summed E-state index contributed by atoms with van der Waals surface area (Å²) in [4.78, 5) is 0. The summed E-state index contributed by atoms with van der Waals surface area (Å²) in [5.74, 6) is 0.812. The molecule has 1 aromatic rings. The highest BCUT2D eigenvalue weighted by Crippen LogP contribution is 2.37. The Bertz CT molecular complexity index is 288. The van der Waals surface area contributed by atoms with Gasteiger partial charge in [-0.25, -0.2) is 0 Å². The Kier molecular flexibility index (Phi) is 3.47. The van der Waals surface area contributed by atoms with Crippen LogP contribution in [0, 0.1) is 5.41 Å². The first-order valence-corrected chi connectivity index (χ1v) is 5.61. The lowest BCUT2D eigenvalue weighted by molar-refractivity contribution is 0.230. The topological polar surface area (TPSA) is 54.5 Å². The number of hydrogen-bond donors (Lipinski definition) is 1. The van der Waals surface area contributed by atoms with E-state index in [0.717, 1.165) is 12.2 Å². The maximum absolute atomic E-state index is 4.08. The minimum atomic E-state index is -0.00826. The maximum atomic E-state index is 4.08. The van der Waals surface area contributed by atoms with Gasteiger partial charge in [-0.1, -0.05) is 46.3 Å². The van der Waals surface area contributed by atoms with Crippen molar-refractivity contribution < 1.29 is 0 Å². The van der Waals surface area contributed by atoms with Crippen molar-refractivity contribution in [2.24, 2.45) is 5.41 Å². The van der Waals surface area contributed by atoms with E-state index in [1.165, 1.54) is 12.8 Å². The van der Waals surface area contributed by atoms with Gasteiger partial charge in [-0.05, 0) is 18.3 Å². The molecular weight excluding hydrogens is 188 g/mol. The minimum Gasteiger partial charge on any atom is -0.177 e. The van der Waals surface area contributed by atoms with Gasteiger partial charge in [0, 0.05) is 5.41 Å². The first-order valence-electron chi connectivity index (χ1n) is 5.61. The van der Waals surface area contributed by atoms with Gasteiger partial charge in [-0.2, -0.15) is 5.21 Å². The number of H-pyrrole nitrogens is 1. The highest BCUT2D eigenvalue weighted by Gasteiger charge is 2.32. The maximum Gasteiger partial charge on any atom is 0.180 e. The lowest BCUT2D eigenvalue weighted by Crippen LogP contribution is -2.28. The van der Waals surface area contributed by atoms with Crippen LogP contribution >= 0.6 is 0 Å². The van der Waals surface area contributed by atoms with Crippen molar-refractivity contribution in [3.8, 4) is 0 Å². The third-order valence-corrected chi connectivity index (χ3v) is 2.80. The lowest BCUT2D eigenvalue weighted by Gasteiger charge is -2.32. The number of hydrogen-bond acceptors (Lipinski definition) is 3. The largest absolute Gasteiger partial charge is 0.180 e. The van der Waals surface area contributed by atoms with Crippen molar-refractivity contribution in [1.82, 2.24) is 20.6 Å². The fraction of sp³-hybridized carbons (Fsp3) is 0.909. The summed E-state index contributed by atoms with van der Waals surface area (Å²) >= 11 is 0. The van der Waals surface area contributed by atoms with E-state index in [1.807, 2.05) is 0 Å². The highest BCUT2D eigenvalue weighted by atomic mass is 15.5. The Morgan fingerprint density at radius 1 is 1.20 bits per heavy atom. The predicted octanol–water partition coefficient (Wildman–Crippen LogP) is 2.69. The molecule has 0 amide bonds. The molecule has 0 fully saturated rings. The van der Waals surface area contributed by atoms with E-state index in [9.17, 15) is 0 Å². The Morgan fingerprint density at radius 2 is 1.87 bits per heavy atom. The smallest absolute Gasteiger partial charge is 0.177 e. The zero-order valence-electron chi connectivity index (χ0n) is 10.5. The molecule has 4 heteroatoms. The monoisotopic (exact) mass is 210 g/mol. The van der Waals surface area contributed by atoms with Crippen LogP contribution < -0.4 is 0 Å². The Hall–Kier alpha value is -0.930. The van der Waals surface area contributed by atoms with Gasteiger partial charge in [0.15, 0.2) is 5.82 Å². The molecule has 0 radical (unpaired) electrons. The molecule has 1 aromatic heterocycles. The average Bonchev–Trinajstić information content (AvgIpc) is 2.52. The van der Waals surface area contributed by atoms with E-state index in [0.29, 0.717) is 5.41 Å². The molecule has 0 aliphatic carbocycles. The van der Waals surface area contributed by atoms with E-state index in [-0.39, 0.29) is 5.41 Å². The van der Waals surface area contributed by atoms with Gasteiger partial charge < -0.3 is 0 Å². The molecule has 1 heterocycles. The Labute approximate surface area is 91.9 Å². The van der Waals surface area contributed by atoms with Gasteiger partial charge in [0.1, 0.15) is 0 Å². The van der Waals surface area contributed by atoms with Gasteiger partial charge in [0.2, 0.25) is 0 Å². The molecule has 0 aromatic carbocycles. The molecule has 1 N–H and O–H groups in total. The number of rotatable bonds is 5. The quantitative estimate of drug-likeness (QED) is 0.813. The van der Waals surface area contributed by atoms with Crippen molar-refractivity contribution in [1.29, 1.82) is 0 Å². The molecule has 15 heavy (non-hydrogen) atoms. The minimum absolute atomic E-state index is 0.00826. The van der Waals surface area contributed by atoms with Crippen LogP contribution in [0.1, 0.15) is 59.7 Å². The zero-order chi connectivity index (χ0) is 11.5. The summed E-state index contributed by atoms with van der Waals surface area (Å²) in [6, 6.07) is 0. The van der Waals surface area contributed by atoms with E-state index >= 15 is 0 Å². The van der Waals surface area contributed by atoms with E-state index in [4.69, 9.17) is 0 Å². The van der Waals surface area contributed by atoms with Crippen molar-refractivity contribution in [3.05, 3.63) is 5.82 Å². The fourth-order valence-electron chi connectivity index (χ4n) is 2.49. The molecule has 0 aliphatic rings. The number of tetrazole rings is 1. The summed E-state index contributed by atoms with van der Waals surface area (Å²) in [5.41, 5.74) is 0.324. The molecule has 0 spiro atoms. The second-order valence-corrected chi connectivity index (χ2v) is 5.71. The first-order chi connectivity index (χ1) is 6.87. The summed E-state index contributed by atoms with van der Waals surface area (Å²) in [5, 5.41) is 14.3. The molecule has 0 unspecified atom stereocenters. The van der Waals surface area contributed by atoms with Crippen molar-refractivity contribution >= 4 is 0 Å². The number of nitrogens with zero attached hydrogens (tertiary/aromatic N) is 3. The normalized spacial score (nSPS) is 13.1. The van der Waals surface area contributed by atoms with Crippen molar-refractivity contribution in [3.63, 3.8) is 0 Å². The van der Waals surface area contributed by atoms with Crippen LogP contribution in [0.4, 0.5) is 0 Å². The SMILES string of the molecule is CCCC(C)(C)CC(C)(C)c1nn[nH]n1. The van der Waals surface area contributed by atoms with Crippen LogP contribution in [0.25, 0.3) is 0 Å². The van der Waals surface area contributed by atoms with Crippen LogP contribution in [0.5, 0.6) is 0 Å². The molecule has 0 saturated carbocycles. The molecule has 1 rings (SSSR count). The summed E-state index contributed by atoms with van der Waals surface area (Å²) in [6.45, 7) is 11.2. The van der Waals surface area contributed by atoms with E-state index in [2.05, 4.69) is 55.2 Å². The second kappa shape index (κ2) is 4.29. The van der Waals surface area contributed by atoms with Crippen LogP contribution in [-0.4, -0.2) is 20.6 Å².